The molecule has 2 aromatic heterocycles. The highest BCUT2D eigenvalue weighted by molar-refractivity contribution is 5.92. The van der Waals surface area contributed by atoms with Gasteiger partial charge in [-0.1, -0.05) is 5.16 Å². The van der Waals surface area contributed by atoms with Gasteiger partial charge in [-0.2, -0.15) is 0 Å². The van der Waals surface area contributed by atoms with E-state index in [1.54, 1.807) is 24.5 Å². The summed E-state index contributed by atoms with van der Waals surface area (Å²) in [7, 11) is 0. The van der Waals surface area contributed by atoms with E-state index in [0.29, 0.717) is 17.6 Å². The number of carbonyl (C=O) groups is 1. The molecule has 0 radical (unpaired) electrons. The number of rotatable bonds is 5. The van der Waals surface area contributed by atoms with Crippen LogP contribution in [0.5, 0.6) is 6.01 Å². The molecule has 0 aliphatic heterocycles. The highest BCUT2D eigenvalue weighted by Crippen LogP contribution is 2.40. The molecular formula is C17H20N4O3. The van der Waals surface area contributed by atoms with Crippen molar-refractivity contribution in [3.05, 3.63) is 36.0 Å². The van der Waals surface area contributed by atoms with Crippen LogP contribution in [0.4, 0.5) is 0 Å². The predicted molar refractivity (Wildman–Crippen MR) is 84.6 cm³/mol. The molecule has 2 aliphatic carbocycles. The molecule has 2 fully saturated rings. The van der Waals surface area contributed by atoms with Gasteiger partial charge in [0.15, 0.2) is 5.69 Å². The lowest BCUT2D eigenvalue weighted by molar-refractivity contribution is 0.0876. The summed E-state index contributed by atoms with van der Waals surface area (Å²) in [4.78, 5) is 20.4. The van der Waals surface area contributed by atoms with Crippen molar-refractivity contribution < 1.29 is 14.1 Å². The standard InChI is InChI=1S/C17H20N4O3/c22-16(14-10-15(24-21-14)11-2-3-11)20-12-4-6-13(7-5-12)23-17-18-8-1-9-19-17/h1,8-13H,2-7H2,(H,20,22). The van der Waals surface area contributed by atoms with Gasteiger partial charge in [0, 0.05) is 30.4 Å². The quantitative estimate of drug-likeness (QED) is 0.907. The van der Waals surface area contributed by atoms with Gasteiger partial charge in [0.1, 0.15) is 11.9 Å². The first-order valence-electron chi connectivity index (χ1n) is 8.49. The van der Waals surface area contributed by atoms with E-state index in [2.05, 4.69) is 20.4 Å². The molecule has 4 rings (SSSR count). The third-order valence-electron chi connectivity index (χ3n) is 4.56. The van der Waals surface area contributed by atoms with E-state index in [1.807, 2.05) is 0 Å². The first-order chi connectivity index (χ1) is 11.8. The Hall–Kier alpha value is -2.44. The van der Waals surface area contributed by atoms with Gasteiger partial charge in [-0.3, -0.25) is 4.79 Å². The van der Waals surface area contributed by atoms with E-state index in [0.717, 1.165) is 44.3 Å². The molecule has 0 aromatic carbocycles. The molecule has 0 bridgehead atoms. The van der Waals surface area contributed by atoms with E-state index < -0.39 is 0 Å². The van der Waals surface area contributed by atoms with Crippen molar-refractivity contribution >= 4 is 5.91 Å². The van der Waals surface area contributed by atoms with E-state index in [1.165, 1.54) is 0 Å². The van der Waals surface area contributed by atoms with Gasteiger partial charge >= 0.3 is 6.01 Å². The molecule has 0 unspecified atom stereocenters. The van der Waals surface area contributed by atoms with Crippen molar-refractivity contribution in [3.63, 3.8) is 0 Å². The lowest BCUT2D eigenvalue weighted by Crippen LogP contribution is -2.39. The van der Waals surface area contributed by atoms with E-state index in [9.17, 15) is 4.79 Å². The number of hydrogen-bond donors (Lipinski definition) is 1. The van der Waals surface area contributed by atoms with Crippen molar-refractivity contribution in [2.24, 2.45) is 0 Å². The van der Waals surface area contributed by atoms with Crippen LogP contribution in [0.15, 0.2) is 29.0 Å². The van der Waals surface area contributed by atoms with Crippen LogP contribution < -0.4 is 10.1 Å². The summed E-state index contributed by atoms with van der Waals surface area (Å²) < 4.78 is 11.0. The van der Waals surface area contributed by atoms with Crippen LogP contribution in [-0.2, 0) is 0 Å². The number of nitrogens with zero attached hydrogens (tertiary/aromatic N) is 3. The number of nitrogens with one attached hydrogen (secondary N) is 1. The van der Waals surface area contributed by atoms with Gasteiger partial charge in [-0.25, -0.2) is 9.97 Å². The Morgan fingerprint density at radius 1 is 1.12 bits per heavy atom. The van der Waals surface area contributed by atoms with Gasteiger partial charge in [-0.15, -0.1) is 0 Å². The molecule has 0 atom stereocenters. The fourth-order valence-corrected chi connectivity index (χ4v) is 3.04. The second-order valence-corrected chi connectivity index (χ2v) is 6.49. The SMILES string of the molecule is O=C(NC1CCC(Oc2ncccn2)CC1)c1cc(C2CC2)on1. The van der Waals surface area contributed by atoms with Crippen molar-refractivity contribution in [1.82, 2.24) is 20.4 Å². The van der Waals surface area contributed by atoms with E-state index >= 15 is 0 Å². The third kappa shape index (κ3) is 3.55. The van der Waals surface area contributed by atoms with Crippen molar-refractivity contribution in [3.8, 4) is 6.01 Å². The minimum absolute atomic E-state index is 0.106. The normalized spacial score (nSPS) is 23.7. The minimum Gasteiger partial charge on any atom is -0.460 e. The molecule has 2 aromatic rings. The lowest BCUT2D eigenvalue weighted by atomic mass is 9.93. The molecule has 0 spiro atoms. The molecular weight excluding hydrogens is 308 g/mol. The maximum Gasteiger partial charge on any atom is 0.316 e. The Kier molecular flexibility index (Phi) is 4.15. The fraction of sp³-hybridized carbons (Fsp3) is 0.529. The second kappa shape index (κ2) is 6.59. The molecule has 1 N–H and O–H groups in total. The molecule has 2 saturated carbocycles. The molecule has 1 amide bonds. The number of carbonyl (C=O) groups excluding carboxylic acids is 1. The molecule has 7 heteroatoms. The summed E-state index contributed by atoms with van der Waals surface area (Å²) in [5.74, 6) is 1.15. The maximum atomic E-state index is 12.3. The zero-order chi connectivity index (χ0) is 16.4. The monoisotopic (exact) mass is 328 g/mol. The topological polar surface area (TPSA) is 90.1 Å². The number of hydrogen-bond acceptors (Lipinski definition) is 6. The first-order valence-corrected chi connectivity index (χ1v) is 8.49. The molecule has 24 heavy (non-hydrogen) atoms. The van der Waals surface area contributed by atoms with Crippen LogP contribution in [0.25, 0.3) is 0 Å². The molecule has 7 nitrogen and oxygen atoms in total. The number of ether oxygens (including phenoxy) is 1. The molecule has 0 saturated heterocycles. The zero-order valence-corrected chi connectivity index (χ0v) is 13.4. The number of aromatic nitrogens is 3. The summed E-state index contributed by atoms with van der Waals surface area (Å²) >= 11 is 0. The van der Waals surface area contributed by atoms with Crippen molar-refractivity contribution in [1.29, 1.82) is 0 Å². The van der Waals surface area contributed by atoms with Gasteiger partial charge in [-0.05, 0) is 44.6 Å². The summed E-state index contributed by atoms with van der Waals surface area (Å²) in [6.07, 6.45) is 9.19. The summed E-state index contributed by atoms with van der Waals surface area (Å²) in [5.41, 5.74) is 0.382. The zero-order valence-electron chi connectivity index (χ0n) is 13.4. The van der Waals surface area contributed by atoms with Gasteiger partial charge in [0.25, 0.3) is 5.91 Å². The van der Waals surface area contributed by atoms with Crippen LogP contribution in [-0.4, -0.2) is 33.2 Å². The van der Waals surface area contributed by atoms with E-state index in [4.69, 9.17) is 9.26 Å². The van der Waals surface area contributed by atoms with Gasteiger partial charge in [0.2, 0.25) is 0 Å². The van der Waals surface area contributed by atoms with Crippen LogP contribution in [0.2, 0.25) is 0 Å². The Bertz CT molecular complexity index is 691. The first kappa shape index (κ1) is 15.1. The van der Waals surface area contributed by atoms with Crippen molar-refractivity contribution in [2.45, 2.75) is 56.6 Å². The Balaban J connectivity index is 1.25. The maximum absolute atomic E-state index is 12.3. The number of amides is 1. The Morgan fingerprint density at radius 2 is 1.88 bits per heavy atom. The molecule has 126 valence electrons. The van der Waals surface area contributed by atoms with Crippen molar-refractivity contribution in [2.75, 3.05) is 0 Å². The third-order valence-corrected chi connectivity index (χ3v) is 4.56. The molecule has 2 aliphatic rings. The van der Waals surface area contributed by atoms with Gasteiger partial charge in [0.05, 0.1) is 0 Å². The summed E-state index contributed by atoms with van der Waals surface area (Å²) in [6, 6.07) is 4.10. The van der Waals surface area contributed by atoms with Crippen LogP contribution in [0.3, 0.4) is 0 Å². The van der Waals surface area contributed by atoms with Crippen LogP contribution in [0.1, 0.15) is 60.7 Å². The Morgan fingerprint density at radius 3 is 2.58 bits per heavy atom. The smallest absolute Gasteiger partial charge is 0.316 e. The summed E-state index contributed by atoms with van der Waals surface area (Å²) in [5, 5.41) is 6.93. The average Bonchev–Trinajstić information content (AvgIpc) is 3.34. The molecule has 2 heterocycles. The largest absolute Gasteiger partial charge is 0.460 e. The highest BCUT2D eigenvalue weighted by Gasteiger charge is 2.30. The summed E-state index contributed by atoms with van der Waals surface area (Å²) in [6.45, 7) is 0. The second-order valence-electron chi connectivity index (χ2n) is 6.49. The van der Waals surface area contributed by atoms with Gasteiger partial charge < -0.3 is 14.6 Å². The highest BCUT2D eigenvalue weighted by atomic mass is 16.5. The minimum atomic E-state index is -0.151. The van der Waals surface area contributed by atoms with Crippen LogP contribution in [0, 0.1) is 0 Å². The van der Waals surface area contributed by atoms with E-state index in [-0.39, 0.29) is 18.1 Å². The lowest BCUT2D eigenvalue weighted by Gasteiger charge is -2.28. The Labute approximate surface area is 139 Å². The predicted octanol–water partition coefficient (Wildman–Crippen LogP) is 2.46. The van der Waals surface area contributed by atoms with Crippen LogP contribution >= 0.6 is 0 Å². The average molecular weight is 328 g/mol. The fourth-order valence-electron chi connectivity index (χ4n) is 3.04.